The lowest BCUT2D eigenvalue weighted by atomic mass is 9.98. The largest absolute Gasteiger partial charge is 0.481 e. The van der Waals surface area contributed by atoms with Crippen LogP contribution in [0.2, 0.25) is 0 Å². The second-order valence-electron chi connectivity index (χ2n) is 5.48. The molecule has 0 bridgehead atoms. The van der Waals surface area contributed by atoms with E-state index < -0.39 is 5.97 Å². The number of rotatable bonds is 3. The summed E-state index contributed by atoms with van der Waals surface area (Å²) in [6.07, 6.45) is 1.66. The lowest BCUT2D eigenvalue weighted by Gasteiger charge is -2.32. The standard InChI is InChI=1S/C14H21N3O2/c1-9(2)12-7-13(16-10(3)15-12)17-6-4-5-11(8-17)14(18)19/h7,9,11H,4-6,8H2,1-3H3,(H,18,19). The number of carboxylic acid groups (broad SMARTS) is 1. The Hall–Kier alpha value is -1.65. The van der Waals surface area contributed by atoms with Crippen molar-refractivity contribution in [2.24, 2.45) is 5.92 Å². The Balaban J connectivity index is 2.23. The average molecular weight is 263 g/mol. The fourth-order valence-corrected chi connectivity index (χ4v) is 2.42. The van der Waals surface area contributed by atoms with Crippen molar-refractivity contribution >= 4 is 11.8 Å². The smallest absolute Gasteiger partial charge is 0.308 e. The quantitative estimate of drug-likeness (QED) is 0.905. The van der Waals surface area contributed by atoms with Crippen LogP contribution in [0, 0.1) is 12.8 Å². The van der Waals surface area contributed by atoms with Crippen LogP contribution in [0.1, 0.15) is 44.1 Å². The molecule has 0 saturated carbocycles. The highest BCUT2D eigenvalue weighted by molar-refractivity contribution is 5.71. The number of aliphatic carboxylic acids is 1. The van der Waals surface area contributed by atoms with E-state index in [1.165, 1.54) is 0 Å². The second-order valence-corrected chi connectivity index (χ2v) is 5.48. The molecule has 104 valence electrons. The van der Waals surface area contributed by atoms with Gasteiger partial charge in [0, 0.05) is 24.8 Å². The van der Waals surface area contributed by atoms with E-state index in [2.05, 4.69) is 28.7 Å². The molecule has 0 radical (unpaired) electrons. The molecule has 1 aromatic rings. The van der Waals surface area contributed by atoms with Gasteiger partial charge in [-0.3, -0.25) is 4.79 Å². The van der Waals surface area contributed by atoms with E-state index in [0.29, 0.717) is 12.5 Å². The van der Waals surface area contributed by atoms with Gasteiger partial charge in [0.05, 0.1) is 5.92 Å². The molecule has 1 unspecified atom stereocenters. The fourth-order valence-electron chi connectivity index (χ4n) is 2.42. The van der Waals surface area contributed by atoms with Crippen molar-refractivity contribution in [1.82, 2.24) is 9.97 Å². The van der Waals surface area contributed by atoms with Gasteiger partial charge in [-0.05, 0) is 25.7 Å². The maximum absolute atomic E-state index is 11.1. The first kappa shape index (κ1) is 13.8. The molecule has 1 aliphatic heterocycles. The summed E-state index contributed by atoms with van der Waals surface area (Å²) in [6, 6.07) is 1.99. The SMILES string of the molecule is Cc1nc(C(C)C)cc(N2CCCC(C(=O)O)C2)n1. The molecular weight excluding hydrogens is 242 g/mol. The van der Waals surface area contributed by atoms with Gasteiger partial charge in [0.15, 0.2) is 0 Å². The number of carbonyl (C=O) groups is 1. The Morgan fingerprint density at radius 1 is 1.47 bits per heavy atom. The van der Waals surface area contributed by atoms with E-state index in [-0.39, 0.29) is 5.92 Å². The minimum Gasteiger partial charge on any atom is -0.481 e. The predicted octanol–water partition coefficient (Wildman–Crippen LogP) is 2.21. The fraction of sp³-hybridized carbons (Fsp3) is 0.643. The molecule has 1 N–H and O–H groups in total. The number of anilines is 1. The summed E-state index contributed by atoms with van der Waals surface area (Å²) < 4.78 is 0. The highest BCUT2D eigenvalue weighted by Gasteiger charge is 2.26. The molecule has 0 aliphatic carbocycles. The van der Waals surface area contributed by atoms with Crippen molar-refractivity contribution in [2.75, 3.05) is 18.0 Å². The number of aromatic nitrogens is 2. The Kier molecular flexibility index (Phi) is 4.02. The van der Waals surface area contributed by atoms with Gasteiger partial charge in [-0.1, -0.05) is 13.8 Å². The summed E-state index contributed by atoms with van der Waals surface area (Å²) in [5, 5.41) is 9.14. The number of carboxylic acids is 1. The van der Waals surface area contributed by atoms with E-state index in [9.17, 15) is 4.79 Å². The lowest BCUT2D eigenvalue weighted by Crippen LogP contribution is -2.39. The summed E-state index contributed by atoms with van der Waals surface area (Å²) in [4.78, 5) is 22.1. The van der Waals surface area contributed by atoms with Crippen LogP contribution in [0.5, 0.6) is 0 Å². The molecule has 0 amide bonds. The van der Waals surface area contributed by atoms with Gasteiger partial charge in [-0.15, -0.1) is 0 Å². The molecule has 1 atom stereocenters. The normalized spacial score (nSPS) is 19.8. The highest BCUT2D eigenvalue weighted by atomic mass is 16.4. The van der Waals surface area contributed by atoms with Crippen molar-refractivity contribution in [3.63, 3.8) is 0 Å². The maximum Gasteiger partial charge on any atom is 0.308 e. The van der Waals surface area contributed by atoms with Crippen molar-refractivity contribution < 1.29 is 9.90 Å². The summed E-state index contributed by atoms with van der Waals surface area (Å²) in [5.41, 5.74) is 1.01. The minimum atomic E-state index is -0.709. The Morgan fingerprint density at radius 2 is 2.21 bits per heavy atom. The molecule has 1 aliphatic rings. The molecule has 19 heavy (non-hydrogen) atoms. The summed E-state index contributed by atoms with van der Waals surface area (Å²) in [7, 11) is 0. The molecule has 1 fully saturated rings. The third-order valence-corrected chi connectivity index (χ3v) is 3.53. The van der Waals surface area contributed by atoms with Crippen molar-refractivity contribution in [3.05, 3.63) is 17.6 Å². The zero-order valence-electron chi connectivity index (χ0n) is 11.8. The Bertz CT molecular complexity index is 474. The average Bonchev–Trinajstić information content (AvgIpc) is 2.38. The van der Waals surface area contributed by atoms with Gasteiger partial charge >= 0.3 is 5.97 Å². The van der Waals surface area contributed by atoms with Gasteiger partial charge < -0.3 is 10.0 Å². The van der Waals surface area contributed by atoms with Gasteiger partial charge in [0.25, 0.3) is 0 Å². The van der Waals surface area contributed by atoms with Crippen molar-refractivity contribution in [3.8, 4) is 0 Å². The number of hydrogen-bond donors (Lipinski definition) is 1. The van der Waals surface area contributed by atoms with Gasteiger partial charge in [-0.2, -0.15) is 0 Å². The predicted molar refractivity (Wildman–Crippen MR) is 73.4 cm³/mol. The molecule has 0 aromatic carbocycles. The van der Waals surface area contributed by atoms with Crippen LogP contribution in [-0.4, -0.2) is 34.1 Å². The van der Waals surface area contributed by atoms with Crippen LogP contribution in [-0.2, 0) is 4.79 Å². The molecule has 5 heteroatoms. The van der Waals surface area contributed by atoms with Crippen molar-refractivity contribution in [2.45, 2.75) is 39.5 Å². The number of nitrogens with zero attached hydrogens (tertiary/aromatic N) is 3. The first-order chi connectivity index (χ1) is 8.97. The molecule has 2 rings (SSSR count). The van der Waals surface area contributed by atoms with E-state index in [4.69, 9.17) is 5.11 Å². The monoisotopic (exact) mass is 263 g/mol. The summed E-state index contributed by atoms with van der Waals surface area (Å²) in [6.45, 7) is 7.50. The molecule has 5 nitrogen and oxygen atoms in total. The topological polar surface area (TPSA) is 66.3 Å². The molecule has 1 aromatic heterocycles. The van der Waals surface area contributed by atoms with Crippen LogP contribution in [0.4, 0.5) is 5.82 Å². The lowest BCUT2D eigenvalue weighted by molar-refractivity contribution is -0.141. The summed E-state index contributed by atoms with van der Waals surface area (Å²) >= 11 is 0. The van der Waals surface area contributed by atoms with Crippen LogP contribution >= 0.6 is 0 Å². The van der Waals surface area contributed by atoms with E-state index >= 15 is 0 Å². The van der Waals surface area contributed by atoms with Gasteiger partial charge in [-0.25, -0.2) is 9.97 Å². The molecule has 2 heterocycles. The first-order valence-corrected chi connectivity index (χ1v) is 6.80. The Morgan fingerprint density at radius 3 is 2.84 bits per heavy atom. The summed E-state index contributed by atoms with van der Waals surface area (Å²) in [5.74, 6) is 0.965. The highest BCUT2D eigenvalue weighted by Crippen LogP contribution is 2.24. The van der Waals surface area contributed by atoms with E-state index in [1.54, 1.807) is 0 Å². The third-order valence-electron chi connectivity index (χ3n) is 3.53. The molecular formula is C14H21N3O2. The minimum absolute atomic E-state index is 0.286. The third kappa shape index (κ3) is 3.22. The van der Waals surface area contributed by atoms with Crippen LogP contribution < -0.4 is 4.90 Å². The number of piperidine rings is 1. The zero-order chi connectivity index (χ0) is 14.0. The van der Waals surface area contributed by atoms with Gasteiger partial charge in [0.2, 0.25) is 0 Å². The van der Waals surface area contributed by atoms with E-state index in [0.717, 1.165) is 36.7 Å². The van der Waals surface area contributed by atoms with Crippen LogP contribution in [0.25, 0.3) is 0 Å². The second kappa shape index (κ2) is 5.55. The van der Waals surface area contributed by atoms with Gasteiger partial charge in [0.1, 0.15) is 11.6 Å². The number of aryl methyl sites for hydroxylation is 1. The van der Waals surface area contributed by atoms with Crippen molar-refractivity contribution in [1.29, 1.82) is 0 Å². The maximum atomic E-state index is 11.1. The van der Waals surface area contributed by atoms with Crippen LogP contribution in [0.15, 0.2) is 6.07 Å². The molecule has 1 saturated heterocycles. The zero-order valence-corrected chi connectivity index (χ0v) is 11.8. The van der Waals surface area contributed by atoms with E-state index in [1.807, 2.05) is 13.0 Å². The number of hydrogen-bond acceptors (Lipinski definition) is 4. The molecule has 0 spiro atoms. The van der Waals surface area contributed by atoms with Crippen LogP contribution in [0.3, 0.4) is 0 Å². The Labute approximate surface area is 113 Å². The first-order valence-electron chi connectivity index (χ1n) is 6.80.